The third-order valence-corrected chi connectivity index (χ3v) is 5.92. The standard InChI is InChI=1S/C13H19F3N2O4S/c14-13(15,16)8-17-11(19)9-2-1-4-18(6-9)12(20)10-3-5-23(21,22)7-10/h9-10H,1-8H2,(H,17,19)/t9-,10-/m1/s1. The number of hydrogen-bond donors (Lipinski definition) is 1. The van der Waals surface area contributed by atoms with Crippen molar-refractivity contribution < 1.29 is 31.2 Å². The third-order valence-electron chi connectivity index (χ3n) is 4.15. The normalized spacial score (nSPS) is 27.7. The Bertz CT molecular complexity index is 576. The molecule has 23 heavy (non-hydrogen) atoms. The minimum Gasteiger partial charge on any atom is -0.347 e. The number of alkyl halides is 3. The van der Waals surface area contributed by atoms with Gasteiger partial charge in [-0.25, -0.2) is 8.42 Å². The van der Waals surface area contributed by atoms with E-state index in [1.165, 1.54) is 4.90 Å². The highest BCUT2D eigenvalue weighted by atomic mass is 32.2. The fourth-order valence-electron chi connectivity index (χ4n) is 2.97. The summed E-state index contributed by atoms with van der Waals surface area (Å²) in [6, 6.07) is 0. The Morgan fingerprint density at radius 3 is 2.43 bits per heavy atom. The second kappa shape index (κ2) is 6.66. The second-order valence-electron chi connectivity index (χ2n) is 6.06. The van der Waals surface area contributed by atoms with Gasteiger partial charge >= 0.3 is 6.18 Å². The molecule has 0 radical (unpaired) electrons. The number of halogens is 3. The number of nitrogens with zero attached hydrogens (tertiary/aromatic N) is 1. The minimum atomic E-state index is -4.47. The van der Waals surface area contributed by atoms with Crippen LogP contribution >= 0.6 is 0 Å². The van der Waals surface area contributed by atoms with E-state index in [1.807, 2.05) is 5.32 Å². The second-order valence-corrected chi connectivity index (χ2v) is 8.29. The molecule has 10 heteroatoms. The maximum absolute atomic E-state index is 12.3. The number of sulfone groups is 1. The molecule has 2 rings (SSSR count). The number of carbonyl (C=O) groups is 2. The van der Waals surface area contributed by atoms with Gasteiger partial charge in [-0.15, -0.1) is 0 Å². The van der Waals surface area contributed by atoms with Crippen molar-refractivity contribution in [3.63, 3.8) is 0 Å². The molecule has 0 unspecified atom stereocenters. The van der Waals surface area contributed by atoms with Gasteiger partial charge in [-0.1, -0.05) is 0 Å². The highest BCUT2D eigenvalue weighted by Gasteiger charge is 2.38. The van der Waals surface area contributed by atoms with E-state index in [9.17, 15) is 31.2 Å². The van der Waals surface area contributed by atoms with Crippen LogP contribution in [0.3, 0.4) is 0 Å². The summed E-state index contributed by atoms with van der Waals surface area (Å²) in [6.07, 6.45) is -3.29. The lowest BCUT2D eigenvalue weighted by atomic mass is 9.95. The molecule has 2 aliphatic heterocycles. The molecule has 0 aliphatic carbocycles. The molecule has 0 aromatic heterocycles. The molecule has 2 saturated heterocycles. The van der Waals surface area contributed by atoms with Crippen molar-refractivity contribution in [1.29, 1.82) is 0 Å². The zero-order valence-corrected chi connectivity index (χ0v) is 13.3. The van der Waals surface area contributed by atoms with E-state index in [4.69, 9.17) is 0 Å². The third kappa shape index (κ3) is 5.08. The highest BCUT2D eigenvalue weighted by molar-refractivity contribution is 7.91. The zero-order valence-electron chi connectivity index (χ0n) is 12.4. The van der Waals surface area contributed by atoms with Crippen LogP contribution in [0.25, 0.3) is 0 Å². The molecule has 0 bridgehead atoms. The number of rotatable bonds is 3. The van der Waals surface area contributed by atoms with Gasteiger partial charge in [0.15, 0.2) is 9.84 Å². The van der Waals surface area contributed by atoms with Gasteiger partial charge in [-0.2, -0.15) is 13.2 Å². The molecule has 2 atom stereocenters. The van der Waals surface area contributed by atoms with E-state index in [-0.39, 0.29) is 30.4 Å². The van der Waals surface area contributed by atoms with Gasteiger partial charge in [0.25, 0.3) is 0 Å². The quantitative estimate of drug-likeness (QED) is 0.790. The molecule has 1 N–H and O–H groups in total. The monoisotopic (exact) mass is 356 g/mol. The summed E-state index contributed by atoms with van der Waals surface area (Å²) in [5, 5.41) is 1.84. The minimum absolute atomic E-state index is 0.0211. The number of piperidine rings is 1. The van der Waals surface area contributed by atoms with Crippen LogP contribution in [0.2, 0.25) is 0 Å². The van der Waals surface area contributed by atoms with Gasteiger partial charge in [-0.3, -0.25) is 9.59 Å². The predicted molar refractivity (Wildman–Crippen MR) is 75.1 cm³/mol. The van der Waals surface area contributed by atoms with Crippen LogP contribution in [0.4, 0.5) is 13.2 Å². The van der Waals surface area contributed by atoms with Crippen LogP contribution < -0.4 is 5.32 Å². The Morgan fingerprint density at radius 2 is 1.87 bits per heavy atom. The summed E-state index contributed by atoms with van der Waals surface area (Å²) in [4.78, 5) is 25.5. The van der Waals surface area contributed by atoms with Gasteiger partial charge in [0.1, 0.15) is 6.54 Å². The first kappa shape index (κ1) is 18.0. The number of hydrogen-bond acceptors (Lipinski definition) is 4. The first-order chi connectivity index (χ1) is 10.6. The maximum atomic E-state index is 12.3. The molecule has 2 amide bonds. The molecule has 0 aromatic rings. The molecular formula is C13H19F3N2O4S. The fraction of sp³-hybridized carbons (Fsp3) is 0.846. The Kier molecular flexibility index (Phi) is 5.22. The van der Waals surface area contributed by atoms with Gasteiger partial charge in [0.2, 0.25) is 11.8 Å². The lowest BCUT2D eigenvalue weighted by Crippen LogP contribution is -2.48. The van der Waals surface area contributed by atoms with Crippen LogP contribution in [0.15, 0.2) is 0 Å². The molecule has 132 valence electrons. The van der Waals surface area contributed by atoms with Gasteiger partial charge in [0, 0.05) is 13.1 Å². The van der Waals surface area contributed by atoms with Crippen LogP contribution in [-0.4, -0.2) is 62.4 Å². The molecule has 2 aliphatic rings. The van der Waals surface area contributed by atoms with Crippen molar-refractivity contribution in [2.24, 2.45) is 11.8 Å². The predicted octanol–water partition coefficient (Wildman–Crippen LogP) is 0.338. The lowest BCUT2D eigenvalue weighted by Gasteiger charge is -2.33. The van der Waals surface area contributed by atoms with Crippen molar-refractivity contribution in [3.05, 3.63) is 0 Å². The summed E-state index contributed by atoms with van der Waals surface area (Å²) in [5.74, 6) is -2.54. The van der Waals surface area contributed by atoms with Crippen LogP contribution in [0.5, 0.6) is 0 Å². The van der Waals surface area contributed by atoms with Crippen molar-refractivity contribution in [2.45, 2.75) is 25.4 Å². The Labute approximate surface area is 132 Å². The Hall–Kier alpha value is -1.32. The molecule has 2 fully saturated rings. The highest BCUT2D eigenvalue weighted by Crippen LogP contribution is 2.24. The Morgan fingerprint density at radius 1 is 1.17 bits per heavy atom. The van der Waals surface area contributed by atoms with E-state index in [1.54, 1.807) is 0 Å². The molecule has 0 saturated carbocycles. The van der Waals surface area contributed by atoms with E-state index >= 15 is 0 Å². The van der Waals surface area contributed by atoms with Crippen molar-refractivity contribution in [1.82, 2.24) is 10.2 Å². The summed E-state index contributed by atoms with van der Waals surface area (Å²) >= 11 is 0. The van der Waals surface area contributed by atoms with Gasteiger partial charge in [-0.05, 0) is 19.3 Å². The van der Waals surface area contributed by atoms with Crippen molar-refractivity contribution in [3.8, 4) is 0 Å². The first-order valence-electron chi connectivity index (χ1n) is 7.41. The molecule has 6 nitrogen and oxygen atoms in total. The van der Waals surface area contributed by atoms with Crippen LogP contribution in [-0.2, 0) is 19.4 Å². The number of amides is 2. The number of carbonyl (C=O) groups excluding carboxylic acids is 2. The number of nitrogens with one attached hydrogen (secondary N) is 1. The van der Waals surface area contributed by atoms with Crippen LogP contribution in [0, 0.1) is 11.8 Å². The van der Waals surface area contributed by atoms with E-state index in [2.05, 4.69) is 0 Å². The first-order valence-corrected chi connectivity index (χ1v) is 9.23. The van der Waals surface area contributed by atoms with E-state index in [0.29, 0.717) is 19.4 Å². The fourth-order valence-corrected chi connectivity index (χ4v) is 4.70. The van der Waals surface area contributed by atoms with Gasteiger partial charge < -0.3 is 10.2 Å². The molecule has 2 heterocycles. The summed E-state index contributed by atoms with van der Waals surface area (Å²) < 4.78 is 59.3. The van der Waals surface area contributed by atoms with Gasteiger partial charge in [0.05, 0.1) is 23.3 Å². The largest absolute Gasteiger partial charge is 0.405 e. The average Bonchev–Trinajstić information content (AvgIpc) is 2.83. The van der Waals surface area contributed by atoms with E-state index in [0.717, 1.165) is 0 Å². The van der Waals surface area contributed by atoms with E-state index < -0.39 is 40.3 Å². The maximum Gasteiger partial charge on any atom is 0.405 e. The smallest absolute Gasteiger partial charge is 0.347 e. The zero-order chi connectivity index (χ0) is 17.3. The number of likely N-dealkylation sites (tertiary alicyclic amines) is 1. The topological polar surface area (TPSA) is 83.6 Å². The van der Waals surface area contributed by atoms with Crippen molar-refractivity contribution >= 4 is 21.7 Å². The lowest BCUT2D eigenvalue weighted by molar-refractivity contribution is -0.144. The van der Waals surface area contributed by atoms with Crippen molar-refractivity contribution in [2.75, 3.05) is 31.1 Å². The summed E-state index contributed by atoms with van der Waals surface area (Å²) in [5.41, 5.74) is 0. The Balaban J connectivity index is 1.90. The molecule has 0 spiro atoms. The van der Waals surface area contributed by atoms with Crippen LogP contribution in [0.1, 0.15) is 19.3 Å². The summed E-state index contributed by atoms with van der Waals surface area (Å²) in [7, 11) is -3.19. The molecular weight excluding hydrogens is 337 g/mol. The average molecular weight is 356 g/mol. The summed E-state index contributed by atoms with van der Waals surface area (Å²) in [6.45, 7) is -0.950. The SMILES string of the molecule is O=C(NCC(F)(F)F)[C@@H]1CCCN(C(=O)[C@@H]2CCS(=O)(=O)C2)C1. The molecule has 0 aromatic carbocycles.